The molecule has 0 radical (unpaired) electrons. The molecular weight excluding hydrogens is 593 g/mol. The van der Waals surface area contributed by atoms with E-state index in [4.69, 9.17) is 16.0 Å². The molecular formula is C32H21ClFN3O5S. The first-order chi connectivity index (χ1) is 20.7. The molecule has 0 unspecified atom stereocenters. The van der Waals surface area contributed by atoms with E-state index in [9.17, 15) is 23.9 Å². The molecule has 11 heteroatoms. The number of thiazole rings is 1. The lowest BCUT2D eigenvalue weighted by Gasteiger charge is -2.25. The summed E-state index contributed by atoms with van der Waals surface area (Å²) in [5, 5.41) is 12.5. The van der Waals surface area contributed by atoms with E-state index in [0.717, 1.165) is 11.3 Å². The highest BCUT2D eigenvalue weighted by atomic mass is 35.5. The number of aromatic carboxylic acids is 1. The molecule has 0 fully saturated rings. The van der Waals surface area contributed by atoms with Crippen molar-refractivity contribution in [3.05, 3.63) is 144 Å². The number of benzene rings is 3. The van der Waals surface area contributed by atoms with Gasteiger partial charge in [-0.2, -0.15) is 0 Å². The van der Waals surface area contributed by atoms with Crippen LogP contribution in [0.4, 0.5) is 10.1 Å². The maximum atomic E-state index is 13.9. The van der Waals surface area contributed by atoms with Crippen molar-refractivity contribution in [1.82, 2.24) is 4.57 Å². The molecule has 0 aliphatic carbocycles. The van der Waals surface area contributed by atoms with Gasteiger partial charge in [0.2, 0.25) is 0 Å². The van der Waals surface area contributed by atoms with Gasteiger partial charge in [0.25, 0.3) is 11.5 Å². The predicted molar refractivity (Wildman–Crippen MR) is 161 cm³/mol. The number of furan rings is 1. The van der Waals surface area contributed by atoms with Gasteiger partial charge in [0.05, 0.1) is 32.4 Å². The summed E-state index contributed by atoms with van der Waals surface area (Å²) < 4.78 is 21.5. The van der Waals surface area contributed by atoms with Crippen LogP contribution in [0, 0.1) is 5.82 Å². The Morgan fingerprint density at radius 2 is 1.81 bits per heavy atom. The van der Waals surface area contributed by atoms with Crippen LogP contribution in [0.1, 0.15) is 34.6 Å². The molecule has 2 aromatic heterocycles. The summed E-state index contributed by atoms with van der Waals surface area (Å²) in [7, 11) is 0. The van der Waals surface area contributed by atoms with E-state index < -0.39 is 29.3 Å². The van der Waals surface area contributed by atoms with Crippen molar-refractivity contribution in [1.29, 1.82) is 0 Å². The van der Waals surface area contributed by atoms with Crippen LogP contribution >= 0.6 is 22.9 Å². The van der Waals surface area contributed by atoms with Crippen molar-refractivity contribution in [2.45, 2.75) is 13.0 Å². The molecule has 0 spiro atoms. The number of carbonyl (C=O) groups is 2. The molecule has 8 nitrogen and oxygen atoms in total. The number of fused-ring (bicyclic) bond motifs is 1. The number of halogens is 2. The van der Waals surface area contributed by atoms with Gasteiger partial charge in [0.1, 0.15) is 17.3 Å². The van der Waals surface area contributed by atoms with Crippen molar-refractivity contribution in [3.63, 3.8) is 0 Å². The Labute approximate surface area is 252 Å². The normalized spacial score (nSPS) is 14.8. The number of aromatic nitrogens is 1. The standard InChI is InChI=1S/C32H21ClFN3O5S/c1-17-27(29(38)36-21-5-3-2-4-6-21)28(18-7-10-20(34)11-8-18)37-30(39)26(43-32(37)35-17)16-22-12-14-25(42-22)23-15-19(31(40)41)9-13-24(23)33/h2-16,28H,1H3,(H,36,38)(H,40,41)/b26-16-/t28-/m1/s1. The van der Waals surface area contributed by atoms with Gasteiger partial charge in [-0.15, -0.1) is 0 Å². The van der Waals surface area contributed by atoms with E-state index in [2.05, 4.69) is 10.3 Å². The molecule has 5 aromatic rings. The Morgan fingerprint density at radius 3 is 2.53 bits per heavy atom. The topological polar surface area (TPSA) is 114 Å². The van der Waals surface area contributed by atoms with Gasteiger partial charge in [0.15, 0.2) is 4.80 Å². The first kappa shape index (κ1) is 28.1. The first-order valence-electron chi connectivity index (χ1n) is 13.0. The predicted octanol–water partition coefficient (Wildman–Crippen LogP) is 5.62. The van der Waals surface area contributed by atoms with Crippen LogP contribution in [0.2, 0.25) is 5.02 Å². The van der Waals surface area contributed by atoms with Crippen LogP contribution in [-0.4, -0.2) is 21.6 Å². The van der Waals surface area contributed by atoms with Gasteiger partial charge in [-0.3, -0.25) is 14.2 Å². The van der Waals surface area contributed by atoms with E-state index in [-0.39, 0.29) is 15.7 Å². The van der Waals surface area contributed by atoms with Crippen molar-refractivity contribution >= 4 is 46.6 Å². The lowest BCUT2D eigenvalue weighted by Crippen LogP contribution is -2.40. The summed E-state index contributed by atoms with van der Waals surface area (Å²) in [4.78, 5) is 43.9. The summed E-state index contributed by atoms with van der Waals surface area (Å²) >= 11 is 7.42. The Kier molecular flexibility index (Phi) is 7.39. The summed E-state index contributed by atoms with van der Waals surface area (Å²) in [6, 6.07) is 21.2. The van der Waals surface area contributed by atoms with Crippen molar-refractivity contribution in [2.75, 3.05) is 5.32 Å². The highest BCUT2D eigenvalue weighted by Crippen LogP contribution is 2.32. The number of carboxylic acids is 1. The third kappa shape index (κ3) is 5.45. The maximum absolute atomic E-state index is 13.9. The number of allylic oxidation sites excluding steroid dienone is 1. The molecule has 0 saturated carbocycles. The van der Waals surface area contributed by atoms with Crippen LogP contribution in [0.15, 0.2) is 110 Å². The zero-order chi connectivity index (χ0) is 30.2. The number of anilines is 1. The minimum Gasteiger partial charge on any atom is -0.478 e. The SMILES string of the molecule is CC1=C(C(=O)Nc2ccccc2)[C@@H](c2ccc(F)cc2)n2c(s/c(=C\c3ccc(-c4cc(C(=O)O)ccc4Cl)o3)c2=O)=N1. The number of carboxylic acid groups (broad SMARTS) is 1. The van der Waals surface area contributed by atoms with E-state index in [0.29, 0.717) is 43.9 Å². The Bertz CT molecular complexity index is 2110. The van der Waals surface area contributed by atoms with Gasteiger partial charge in [-0.1, -0.05) is 53.3 Å². The number of hydrogen-bond donors (Lipinski definition) is 2. The molecule has 6 rings (SSSR count). The van der Waals surface area contributed by atoms with Gasteiger partial charge in [-0.25, -0.2) is 14.2 Å². The summed E-state index contributed by atoms with van der Waals surface area (Å²) in [5.74, 6) is -1.34. The summed E-state index contributed by atoms with van der Waals surface area (Å²) in [6.45, 7) is 1.70. The number of carbonyl (C=O) groups excluding carboxylic acids is 1. The number of nitrogens with zero attached hydrogens (tertiary/aromatic N) is 2. The molecule has 1 aliphatic heterocycles. The molecule has 3 aromatic carbocycles. The quantitative estimate of drug-likeness (QED) is 0.258. The molecule has 2 N–H and O–H groups in total. The van der Waals surface area contributed by atoms with Crippen LogP contribution in [0.3, 0.4) is 0 Å². The lowest BCUT2D eigenvalue weighted by atomic mass is 9.95. The lowest BCUT2D eigenvalue weighted by molar-refractivity contribution is -0.113. The minimum absolute atomic E-state index is 0.0499. The van der Waals surface area contributed by atoms with Crippen molar-refractivity contribution < 1.29 is 23.5 Å². The number of nitrogens with one attached hydrogen (secondary N) is 1. The highest BCUT2D eigenvalue weighted by molar-refractivity contribution is 7.07. The molecule has 1 atom stereocenters. The number of para-hydroxylation sites is 1. The van der Waals surface area contributed by atoms with E-state index in [1.807, 2.05) is 6.07 Å². The number of hydrogen-bond acceptors (Lipinski definition) is 6. The smallest absolute Gasteiger partial charge is 0.335 e. The molecule has 0 bridgehead atoms. The van der Waals surface area contributed by atoms with E-state index >= 15 is 0 Å². The van der Waals surface area contributed by atoms with Gasteiger partial charge >= 0.3 is 5.97 Å². The Morgan fingerprint density at radius 1 is 1.07 bits per heavy atom. The number of rotatable bonds is 6. The number of amides is 1. The Balaban J connectivity index is 1.44. The second-order valence-corrected chi connectivity index (χ2v) is 11.1. The zero-order valence-electron chi connectivity index (χ0n) is 22.4. The van der Waals surface area contributed by atoms with E-state index in [1.165, 1.54) is 34.9 Å². The second kappa shape index (κ2) is 11.3. The summed E-state index contributed by atoms with van der Waals surface area (Å²) in [6.07, 6.45) is 1.55. The average Bonchev–Trinajstić information content (AvgIpc) is 3.57. The van der Waals surface area contributed by atoms with Gasteiger partial charge < -0.3 is 14.8 Å². The highest BCUT2D eigenvalue weighted by Gasteiger charge is 2.32. The third-order valence-corrected chi connectivity index (χ3v) is 8.18. The average molecular weight is 614 g/mol. The largest absolute Gasteiger partial charge is 0.478 e. The Hall–Kier alpha value is -5.06. The van der Waals surface area contributed by atoms with Crippen LogP contribution < -0.4 is 20.2 Å². The van der Waals surface area contributed by atoms with Crippen LogP contribution in [-0.2, 0) is 4.79 Å². The second-order valence-electron chi connectivity index (χ2n) is 9.66. The maximum Gasteiger partial charge on any atom is 0.335 e. The molecule has 1 aliphatic rings. The summed E-state index contributed by atoms with van der Waals surface area (Å²) in [5.41, 5.74) is 1.81. The van der Waals surface area contributed by atoms with Gasteiger partial charge in [-0.05, 0) is 67.1 Å². The zero-order valence-corrected chi connectivity index (χ0v) is 23.9. The minimum atomic E-state index is -1.10. The molecule has 3 heterocycles. The van der Waals surface area contributed by atoms with E-state index in [1.54, 1.807) is 61.5 Å². The molecule has 0 saturated heterocycles. The van der Waals surface area contributed by atoms with Gasteiger partial charge in [0, 0.05) is 17.3 Å². The van der Waals surface area contributed by atoms with Crippen LogP contribution in [0.5, 0.6) is 0 Å². The molecule has 214 valence electrons. The first-order valence-corrected chi connectivity index (χ1v) is 14.2. The molecule has 1 amide bonds. The fourth-order valence-electron chi connectivity index (χ4n) is 4.84. The van der Waals surface area contributed by atoms with Crippen molar-refractivity contribution in [2.24, 2.45) is 4.99 Å². The fraction of sp³-hybridized carbons (Fsp3) is 0.0625. The third-order valence-electron chi connectivity index (χ3n) is 6.86. The van der Waals surface area contributed by atoms with Crippen LogP contribution in [0.25, 0.3) is 17.4 Å². The van der Waals surface area contributed by atoms with Crippen molar-refractivity contribution in [3.8, 4) is 11.3 Å². The molecule has 43 heavy (non-hydrogen) atoms. The monoisotopic (exact) mass is 613 g/mol. The fourth-order valence-corrected chi connectivity index (χ4v) is 6.08.